The van der Waals surface area contributed by atoms with Gasteiger partial charge in [-0.25, -0.2) is 4.98 Å². The minimum atomic E-state index is -0.468. The molecule has 0 radical (unpaired) electrons. The van der Waals surface area contributed by atoms with Crippen LogP contribution in [-0.4, -0.2) is 43.1 Å². The molecule has 0 fully saturated rings. The molecule has 0 aliphatic rings. The third kappa shape index (κ3) is 3.83. The lowest BCUT2D eigenvalue weighted by Gasteiger charge is -2.18. The number of nitrogens with one attached hydrogen (secondary N) is 1. The molecule has 24 heavy (non-hydrogen) atoms. The normalized spacial score (nSPS) is 14.2. The molecule has 2 unspecified atom stereocenters. The molecule has 0 saturated heterocycles. The fraction of sp³-hybridized carbons (Fsp3) is 0.444. The number of aliphatic hydroxyl groups is 1. The summed E-state index contributed by atoms with van der Waals surface area (Å²) in [6.45, 7) is 8.13. The van der Waals surface area contributed by atoms with Gasteiger partial charge in [-0.3, -0.25) is 4.68 Å². The van der Waals surface area contributed by atoms with E-state index in [1.165, 1.54) is 11.1 Å². The van der Waals surface area contributed by atoms with E-state index >= 15 is 0 Å². The lowest BCUT2D eigenvalue weighted by atomic mass is 10.1. The Morgan fingerprint density at radius 2 is 2.00 bits per heavy atom. The van der Waals surface area contributed by atoms with Crippen LogP contribution in [0.1, 0.15) is 18.1 Å². The predicted octanol–water partition coefficient (Wildman–Crippen LogP) is 1.89. The van der Waals surface area contributed by atoms with Crippen molar-refractivity contribution in [2.75, 3.05) is 6.54 Å². The molecule has 6 heteroatoms. The number of rotatable bonds is 7. The number of aromatic nitrogens is 4. The van der Waals surface area contributed by atoms with Crippen LogP contribution in [0.5, 0.6) is 0 Å². The summed E-state index contributed by atoms with van der Waals surface area (Å²) in [5.41, 5.74) is 4.53. The summed E-state index contributed by atoms with van der Waals surface area (Å²) in [4.78, 5) is 4.44. The molecule has 6 nitrogen and oxygen atoms in total. The van der Waals surface area contributed by atoms with E-state index in [-0.39, 0.29) is 6.04 Å². The van der Waals surface area contributed by atoms with Crippen molar-refractivity contribution in [2.45, 2.75) is 46.0 Å². The first kappa shape index (κ1) is 16.7. The Labute approximate surface area is 142 Å². The average Bonchev–Trinajstić information content (AvgIpc) is 3.17. The number of benzene rings is 1. The van der Waals surface area contributed by atoms with Gasteiger partial charge >= 0.3 is 0 Å². The number of aliphatic hydroxyl groups excluding tert-OH is 1. The molecule has 2 atom stereocenters. The summed E-state index contributed by atoms with van der Waals surface area (Å²) in [5.74, 6) is 0. The van der Waals surface area contributed by atoms with Crippen LogP contribution >= 0.6 is 0 Å². The summed E-state index contributed by atoms with van der Waals surface area (Å²) >= 11 is 0. The molecular formula is C18H25N5O. The van der Waals surface area contributed by atoms with Gasteiger partial charge in [0.1, 0.15) is 0 Å². The molecule has 0 spiro atoms. The molecule has 0 aliphatic heterocycles. The third-order valence-corrected chi connectivity index (χ3v) is 4.37. The van der Waals surface area contributed by atoms with Crippen molar-refractivity contribution in [3.8, 4) is 0 Å². The topological polar surface area (TPSA) is 67.9 Å². The SMILES string of the molecule is Cc1cc2ncn(CC(O)CNC(C)Cn3cccn3)c2cc1C. The van der Waals surface area contributed by atoms with E-state index in [4.69, 9.17) is 0 Å². The van der Waals surface area contributed by atoms with E-state index in [2.05, 4.69) is 48.3 Å². The van der Waals surface area contributed by atoms with Gasteiger partial charge < -0.3 is 15.0 Å². The van der Waals surface area contributed by atoms with Crippen LogP contribution in [0.3, 0.4) is 0 Å². The zero-order valence-corrected chi connectivity index (χ0v) is 14.5. The molecule has 3 aromatic rings. The van der Waals surface area contributed by atoms with E-state index < -0.39 is 6.10 Å². The summed E-state index contributed by atoms with van der Waals surface area (Å²) in [5, 5.41) is 17.9. The van der Waals surface area contributed by atoms with Gasteiger partial charge in [0.15, 0.2) is 0 Å². The maximum atomic E-state index is 10.3. The maximum absolute atomic E-state index is 10.3. The quantitative estimate of drug-likeness (QED) is 0.695. The van der Waals surface area contributed by atoms with Gasteiger partial charge in [0.2, 0.25) is 0 Å². The van der Waals surface area contributed by atoms with Gasteiger partial charge in [0.05, 0.1) is 36.6 Å². The first-order valence-electron chi connectivity index (χ1n) is 8.34. The first-order chi connectivity index (χ1) is 11.5. The summed E-state index contributed by atoms with van der Waals surface area (Å²) < 4.78 is 3.91. The molecule has 0 amide bonds. The molecule has 1 aromatic carbocycles. The van der Waals surface area contributed by atoms with Crippen molar-refractivity contribution in [3.05, 3.63) is 48.0 Å². The lowest BCUT2D eigenvalue weighted by Crippen LogP contribution is -2.38. The second kappa shape index (κ2) is 7.15. The van der Waals surface area contributed by atoms with E-state index in [1.807, 2.05) is 21.5 Å². The Bertz CT molecular complexity index is 793. The van der Waals surface area contributed by atoms with Crippen molar-refractivity contribution >= 4 is 11.0 Å². The third-order valence-electron chi connectivity index (χ3n) is 4.37. The highest BCUT2D eigenvalue weighted by atomic mass is 16.3. The van der Waals surface area contributed by atoms with E-state index in [0.29, 0.717) is 13.1 Å². The summed E-state index contributed by atoms with van der Waals surface area (Å²) in [7, 11) is 0. The van der Waals surface area contributed by atoms with Crippen LogP contribution in [-0.2, 0) is 13.1 Å². The second-order valence-corrected chi connectivity index (χ2v) is 6.51. The van der Waals surface area contributed by atoms with Gasteiger partial charge in [0, 0.05) is 25.0 Å². The fourth-order valence-electron chi connectivity index (χ4n) is 2.84. The van der Waals surface area contributed by atoms with Gasteiger partial charge in [0.25, 0.3) is 0 Å². The zero-order valence-electron chi connectivity index (χ0n) is 14.5. The highest BCUT2D eigenvalue weighted by Gasteiger charge is 2.11. The molecule has 0 bridgehead atoms. The molecule has 2 aromatic heterocycles. The average molecular weight is 327 g/mol. The molecule has 0 saturated carbocycles. The van der Waals surface area contributed by atoms with Crippen LogP contribution in [0.4, 0.5) is 0 Å². The van der Waals surface area contributed by atoms with Crippen molar-refractivity contribution in [3.63, 3.8) is 0 Å². The minimum Gasteiger partial charge on any atom is -0.390 e. The second-order valence-electron chi connectivity index (χ2n) is 6.51. The highest BCUT2D eigenvalue weighted by molar-refractivity contribution is 5.77. The van der Waals surface area contributed by atoms with E-state index in [9.17, 15) is 5.11 Å². The van der Waals surface area contributed by atoms with Gasteiger partial charge in [-0.15, -0.1) is 0 Å². The first-order valence-corrected chi connectivity index (χ1v) is 8.34. The fourth-order valence-corrected chi connectivity index (χ4v) is 2.84. The number of fused-ring (bicyclic) bond motifs is 1. The van der Waals surface area contributed by atoms with Crippen molar-refractivity contribution in [1.82, 2.24) is 24.6 Å². The standard InChI is InChI=1S/C18H25N5O/c1-13-7-17-18(8-14(13)2)22(12-20-17)11-16(24)9-19-15(3)10-23-6-4-5-21-23/h4-8,12,15-16,19,24H,9-11H2,1-3H3. The zero-order chi connectivity index (χ0) is 17.1. The number of imidazole rings is 1. The summed E-state index contributed by atoms with van der Waals surface area (Å²) in [6.07, 6.45) is 5.05. The van der Waals surface area contributed by atoms with Gasteiger partial charge in [-0.2, -0.15) is 5.10 Å². The van der Waals surface area contributed by atoms with Gasteiger partial charge in [-0.1, -0.05) is 0 Å². The lowest BCUT2D eigenvalue weighted by molar-refractivity contribution is 0.148. The molecule has 128 valence electrons. The van der Waals surface area contributed by atoms with Crippen LogP contribution in [0.15, 0.2) is 36.9 Å². The molecular weight excluding hydrogens is 302 g/mol. The Kier molecular flexibility index (Phi) is 4.97. The largest absolute Gasteiger partial charge is 0.390 e. The van der Waals surface area contributed by atoms with Crippen molar-refractivity contribution in [1.29, 1.82) is 0 Å². The summed E-state index contributed by atoms with van der Waals surface area (Å²) in [6, 6.07) is 6.38. The van der Waals surface area contributed by atoms with Gasteiger partial charge in [-0.05, 0) is 50.1 Å². The molecule has 2 heterocycles. The number of hydrogen-bond donors (Lipinski definition) is 2. The molecule has 0 aliphatic carbocycles. The minimum absolute atomic E-state index is 0.240. The Balaban J connectivity index is 1.57. The Morgan fingerprint density at radius 1 is 1.21 bits per heavy atom. The van der Waals surface area contributed by atoms with E-state index in [1.54, 1.807) is 12.5 Å². The number of hydrogen-bond acceptors (Lipinski definition) is 4. The highest BCUT2D eigenvalue weighted by Crippen LogP contribution is 2.18. The van der Waals surface area contributed by atoms with Crippen LogP contribution in [0, 0.1) is 13.8 Å². The maximum Gasteiger partial charge on any atom is 0.0959 e. The number of nitrogens with zero attached hydrogens (tertiary/aromatic N) is 4. The number of aryl methyl sites for hydroxylation is 2. The molecule has 3 rings (SSSR count). The smallest absolute Gasteiger partial charge is 0.0959 e. The van der Waals surface area contributed by atoms with E-state index in [0.717, 1.165) is 17.6 Å². The van der Waals surface area contributed by atoms with Crippen LogP contribution in [0.2, 0.25) is 0 Å². The van der Waals surface area contributed by atoms with Crippen LogP contribution < -0.4 is 5.32 Å². The van der Waals surface area contributed by atoms with Crippen molar-refractivity contribution < 1.29 is 5.11 Å². The van der Waals surface area contributed by atoms with Crippen LogP contribution in [0.25, 0.3) is 11.0 Å². The molecule has 2 N–H and O–H groups in total. The monoisotopic (exact) mass is 327 g/mol. The Morgan fingerprint density at radius 3 is 2.75 bits per heavy atom. The van der Waals surface area contributed by atoms with Crippen molar-refractivity contribution in [2.24, 2.45) is 0 Å². The predicted molar refractivity (Wildman–Crippen MR) is 94.9 cm³/mol. The Hall–Kier alpha value is -2.18.